The molecule has 4 nitrogen and oxygen atoms in total. The van der Waals surface area contributed by atoms with E-state index in [0.717, 1.165) is 16.1 Å². The van der Waals surface area contributed by atoms with E-state index in [0.29, 0.717) is 10.7 Å². The van der Waals surface area contributed by atoms with Gasteiger partial charge in [-0.2, -0.15) is 0 Å². The first-order valence-corrected chi connectivity index (χ1v) is 8.31. The van der Waals surface area contributed by atoms with E-state index in [4.69, 9.17) is 11.6 Å². The Morgan fingerprint density at radius 1 is 1.26 bits per heavy atom. The molecular weight excluding hydrogens is 330 g/mol. The predicted molar refractivity (Wildman–Crippen MR) is 92.7 cm³/mol. The molecule has 3 aromatic rings. The maximum atomic E-state index is 12.3. The van der Waals surface area contributed by atoms with Crippen LogP contribution in [0.5, 0.6) is 0 Å². The first kappa shape index (κ1) is 15.6. The summed E-state index contributed by atoms with van der Waals surface area (Å²) in [6.07, 6.45) is 3.41. The average Bonchev–Trinajstić information content (AvgIpc) is 3.06. The zero-order valence-electron chi connectivity index (χ0n) is 12.4. The molecule has 0 saturated heterocycles. The maximum Gasteiger partial charge on any atom is 0.271 e. The van der Waals surface area contributed by atoms with Crippen LogP contribution in [-0.2, 0) is 0 Å². The van der Waals surface area contributed by atoms with Gasteiger partial charge in [0.2, 0.25) is 0 Å². The van der Waals surface area contributed by atoms with E-state index in [2.05, 4.69) is 15.3 Å². The summed E-state index contributed by atoms with van der Waals surface area (Å²) in [5.74, 6) is -0.196. The lowest BCUT2D eigenvalue weighted by Gasteiger charge is -2.12. The van der Waals surface area contributed by atoms with Crippen molar-refractivity contribution < 1.29 is 4.79 Å². The van der Waals surface area contributed by atoms with Crippen LogP contribution < -0.4 is 5.32 Å². The van der Waals surface area contributed by atoms with Crippen molar-refractivity contribution >= 4 is 28.8 Å². The number of rotatable bonds is 4. The Morgan fingerprint density at radius 3 is 2.78 bits per heavy atom. The van der Waals surface area contributed by atoms with Crippen molar-refractivity contribution in [2.45, 2.75) is 13.0 Å². The fourth-order valence-corrected chi connectivity index (χ4v) is 3.13. The highest BCUT2D eigenvalue weighted by molar-refractivity contribution is 7.13. The van der Waals surface area contributed by atoms with Crippen molar-refractivity contribution in [3.05, 3.63) is 70.5 Å². The highest BCUT2D eigenvalue weighted by atomic mass is 35.5. The van der Waals surface area contributed by atoms with Crippen molar-refractivity contribution in [2.75, 3.05) is 0 Å². The summed E-state index contributed by atoms with van der Waals surface area (Å²) in [7, 11) is 0. The SMILES string of the molecule is CC(NC(=O)c1csc(-c2cccc(Cl)c2)n1)c1ccncc1. The molecule has 2 heterocycles. The summed E-state index contributed by atoms with van der Waals surface area (Å²) in [5, 5.41) is 6.12. The first-order valence-electron chi connectivity index (χ1n) is 7.06. The molecule has 1 amide bonds. The highest BCUT2D eigenvalue weighted by Gasteiger charge is 2.15. The number of hydrogen-bond acceptors (Lipinski definition) is 4. The van der Waals surface area contributed by atoms with Gasteiger partial charge in [-0.25, -0.2) is 4.98 Å². The normalized spacial score (nSPS) is 11.9. The Balaban J connectivity index is 1.74. The third-order valence-corrected chi connectivity index (χ3v) is 4.49. The van der Waals surface area contributed by atoms with Gasteiger partial charge in [-0.3, -0.25) is 9.78 Å². The van der Waals surface area contributed by atoms with E-state index in [1.807, 2.05) is 43.3 Å². The number of hydrogen-bond donors (Lipinski definition) is 1. The number of carbonyl (C=O) groups is 1. The molecule has 0 radical (unpaired) electrons. The predicted octanol–water partition coefficient (Wildman–Crippen LogP) is 4.35. The summed E-state index contributed by atoms with van der Waals surface area (Å²) >= 11 is 7.42. The number of pyridine rings is 1. The number of thiazole rings is 1. The quantitative estimate of drug-likeness (QED) is 0.766. The fourth-order valence-electron chi connectivity index (χ4n) is 2.14. The Kier molecular flexibility index (Phi) is 4.69. The standard InChI is InChI=1S/C17H14ClN3OS/c1-11(12-5-7-19-8-6-12)20-16(22)15-10-23-17(21-15)13-3-2-4-14(18)9-13/h2-11H,1H3,(H,20,22). The topological polar surface area (TPSA) is 54.9 Å². The van der Waals surface area contributed by atoms with Crippen LogP contribution in [-0.4, -0.2) is 15.9 Å². The molecule has 0 bridgehead atoms. The monoisotopic (exact) mass is 343 g/mol. The van der Waals surface area contributed by atoms with Crippen LogP contribution in [0.1, 0.15) is 29.0 Å². The molecule has 0 aliphatic carbocycles. The Bertz CT molecular complexity index is 819. The number of halogens is 1. The minimum atomic E-state index is -0.196. The zero-order chi connectivity index (χ0) is 16.2. The number of aromatic nitrogens is 2. The minimum absolute atomic E-state index is 0.109. The molecule has 1 atom stereocenters. The van der Waals surface area contributed by atoms with Crippen LogP contribution >= 0.6 is 22.9 Å². The van der Waals surface area contributed by atoms with Gasteiger partial charge in [-0.15, -0.1) is 11.3 Å². The molecule has 1 unspecified atom stereocenters. The van der Waals surface area contributed by atoms with Gasteiger partial charge in [0.25, 0.3) is 5.91 Å². The second-order valence-corrected chi connectivity index (χ2v) is 6.32. The molecule has 1 N–H and O–H groups in total. The van der Waals surface area contributed by atoms with E-state index in [1.165, 1.54) is 11.3 Å². The van der Waals surface area contributed by atoms with E-state index in [1.54, 1.807) is 17.8 Å². The van der Waals surface area contributed by atoms with Crippen molar-refractivity contribution in [1.82, 2.24) is 15.3 Å². The summed E-state index contributed by atoms with van der Waals surface area (Å²) in [5.41, 5.74) is 2.31. The third-order valence-electron chi connectivity index (χ3n) is 3.36. The van der Waals surface area contributed by atoms with Gasteiger partial charge in [0.05, 0.1) is 6.04 Å². The summed E-state index contributed by atoms with van der Waals surface area (Å²) in [6.45, 7) is 1.93. The van der Waals surface area contributed by atoms with Gasteiger partial charge in [-0.1, -0.05) is 23.7 Å². The van der Waals surface area contributed by atoms with Crippen molar-refractivity contribution in [3.63, 3.8) is 0 Å². The fraction of sp³-hybridized carbons (Fsp3) is 0.118. The van der Waals surface area contributed by atoms with Crippen molar-refractivity contribution in [3.8, 4) is 10.6 Å². The van der Waals surface area contributed by atoms with Crippen molar-refractivity contribution in [1.29, 1.82) is 0 Å². The number of nitrogens with zero attached hydrogens (tertiary/aromatic N) is 2. The molecule has 1 aromatic carbocycles. The van der Waals surface area contributed by atoms with Crippen LogP contribution in [0.25, 0.3) is 10.6 Å². The number of amides is 1. The lowest BCUT2D eigenvalue weighted by atomic mass is 10.1. The second-order valence-electron chi connectivity index (χ2n) is 5.02. The second kappa shape index (κ2) is 6.89. The van der Waals surface area contributed by atoms with Crippen LogP contribution in [0.4, 0.5) is 0 Å². The van der Waals surface area contributed by atoms with Gasteiger partial charge >= 0.3 is 0 Å². The Hall–Kier alpha value is -2.24. The molecule has 0 spiro atoms. The molecular formula is C17H14ClN3OS. The van der Waals surface area contributed by atoms with Crippen LogP contribution in [0.3, 0.4) is 0 Å². The van der Waals surface area contributed by atoms with Crippen LogP contribution in [0, 0.1) is 0 Å². The van der Waals surface area contributed by atoms with Gasteiger partial charge in [0.1, 0.15) is 10.7 Å². The average molecular weight is 344 g/mol. The van der Waals surface area contributed by atoms with E-state index in [-0.39, 0.29) is 11.9 Å². The van der Waals surface area contributed by atoms with Gasteiger partial charge in [-0.05, 0) is 36.8 Å². The largest absolute Gasteiger partial charge is 0.344 e. The number of benzene rings is 1. The molecule has 6 heteroatoms. The number of nitrogens with one attached hydrogen (secondary N) is 1. The van der Waals surface area contributed by atoms with E-state index in [9.17, 15) is 4.79 Å². The Morgan fingerprint density at radius 2 is 2.04 bits per heavy atom. The molecule has 0 fully saturated rings. The van der Waals surface area contributed by atoms with E-state index >= 15 is 0 Å². The molecule has 23 heavy (non-hydrogen) atoms. The Labute approximate surface area is 143 Å². The molecule has 0 aliphatic heterocycles. The molecule has 0 saturated carbocycles. The zero-order valence-corrected chi connectivity index (χ0v) is 13.9. The maximum absolute atomic E-state index is 12.3. The summed E-state index contributed by atoms with van der Waals surface area (Å²) in [6, 6.07) is 11.1. The molecule has 3 rings (SSSR count). The van der Waals surface area contributed by atoms with Crippen LogP contribution in [0.15, 0.2) is 54.2 Å². The molecule has 0 aliphatic rings. The molecule has 116 valence electrons. The van der Waals surface area contributed by atoms with Gasteiger partial charge in [0, 0.05) is 28.4 Å². The van der Waals surface area contributed by atoms with Crippen LogP contribution in [0.2, 0.25) is 5.02 Å². The minimum Gasteiger partial charge on any atom is -0.344 e. The smallest absolute Gasteiger partial charge is 0.271 e. The molecule has 2 aromatic heterocycles. The lowest BCUT2D eigenvalue weighted by Crippen LogP contribution is -2.26. The number of carbonyl (C=O) groups excluding carboxylic acids is 1. The summed E-state index contributed by atoms with van der Waals surface area (Å²) < 4.78 is 0. The van der Waals surface area contributed by atoms with E-state index < -0.39 is 0 Å². The van der Waals surface area contributed by atoms with Gasteiger partial charge < -0.3 is 5.32 Å². The van der Waals surface area contributed by atoms with Crippen molar-refractivity contribution in [2.24, 2.45) is 0 Å². The highest BCUT2D eigenvalue weighted by Crippen LogP contribution is 2.26. The first-order chi connectivity index (χ1) is 11.1. The lowest BCUT2D eigenvalue weighted by molar-refractivity contribution is 0.0935. The van der Waals surface area contributed by atoms with Gasteiger partial charge in [0.15, 0.2) is 0 Å². The third kappa shape index (κ3) is 3.75. The summed E-state index contributed by atoms with van der Waals surface area (Å²) in [4.78, 5) is 20.7.